The average molecular weight is 367 g/mol. The molecule has 0 aliphatic rings. The van der Waals surface area contributed by atoms with E-state index >= 15 is 0 Å². The van der Waals surface area contributed by atoms with Crippen LogP contribution in [0.4, 0.5) is 0 Å². The highest BCUT2D eigenvalue weighted by atomic mass is 16.4. The molecule has 0 bridgehead atoms. The molecule has 3 aromatic carbocycles. The van der Waals surface area contributed by atoms with Crippen molar-refractivity contribution in [3.63, 3.8) is 0 Å². The maximum absolute atomic E-state index is 6.15. The first-order chi connectivity index (χ1) is 13.4. The second-order valence-electron chi connectivity index (χ2n) is 8.20. The smallest absolute Gasteiger partial charge is 0.226 e. The minimum absolute atomic E-state index is 0.140. The fourth-order valence-electron chi connectivity index (χ4n) is 3.35. The number of rotatable bonds is 3. The van der Waals surface area contributed by atoms with Crippen molar-refractivity contribution in [2.24, 2.45) is 0 Å². The van der Waals surface area contributed by atoms with Crippen molar-refractivity contribution in [1.29, 1.82) is 0 Å². The molecule has 0 N–H and O–H groups in total. The van der Waals surface area contributed by atoms with Crippen LogP contribution in [0.1, 0.15) is 32.0 Å². The molecule has 0 radical (unpaired) electrons. The Bertz CT molecular complexity index is 1070. The monoisotopic (exact) mass is 367 g/mol. The summed E-state index contributed by atoms with van der Waals surface area (Å²) in [6.45, 7) is 8.66. The van der Waals surface area contributed by atoms with Crippen LogP contribution in [0.5, 0.6) is 0 Å². The summed E-state index contributed by atoms with van der Waals surface area (Å²) in [4.78, 5) is 4.66. The van der Waals surface area contributed by atoms with Gasteiger partial charge in [-0.3, -0.25) is 0 Å². The molecule has 2 nitrogen and oxygen atoms in total. The number of hydrogen-bond acceptors (Lipinski definition) is 2. The van der Waals surface area contributed by atoms with E-state index in [2.05, 4.69) is 98.6 Å². The molecule has 0 atom stereocenters. The molecular formula is C26H25NO. The van der Waals surface area contributed by atoms with Crippen LogP contribution in [-0.4, -0.2) is 4.98 Å². The number of nitrogens with zero attached hydrogens (tertiary/aromatic N) is 1. The van der Waals surface area contributed by atoms with Gasteiger partial charge in [0.2, 0.25) is 5.89 Å². The first-order valence-corrected chi connectivity index (χ1v) is 9.66. The summed E-state index contributed by atoms with van der Waals surface area (Å²) in [5, 5.41) is 0. The van der Waals surface area contributed by atoms with Crippen LogP contribution >= 0.6 is 0 Å². The second-order valence-corrected chi connectivity index (χ2v) is 8.20. The van der Waals surface area contributed by atoms with E-state index in [1.54, 1.807) is 0 Å². The lowest BCUT2D eigenvalue weighted by Crippen LogP contribution is -2.10. The van der Waals surface area contributed by atoms with Gasteiger partial charge >= 0.3 is 0 Å². The van der Waals surface area contributed by atoms with Crippen molar-refractivity contribution >= 4 is 0 Å². The summed E-state index contributed by atoms with van der Waals surface area (Å²) in [6.07, 6.45) is 0. The standard InChI is InChI=1S/C26H25NO/c1-18-24(21-14-16-23(17-15-21)26(2,3)4)28-25(27-18)22-12-10-20(11-13-22)19-8-6-5-7-9-19/h5-17H,1-4H3. The van der Waals surface area contributed by atoms with E-state index in [1.807, 2.05) is 13.0 Å². The zero-order valence-corrected chi connectivity index (χ0v) is 16.9. The molecular weight excluding hydrogens is 342 g/mol. The van der Waals surface area contributed by atoms with E-state index in [0.717, 1.165) is 22.6 Å². The van der Waals surface area contributed by atoms with E-state index in [1.165, 1.54) is 16.7 Å². The topological polar surface area (TPSA) is 26.0 Å². The fraction of sp³-hybridized carbons (Fsp3) is 0.192. The summed E-state index contributed by atoms with van der Waals surface area (Å²) in [6, 6.07) is 27.3. The van der Waals surface area contributed by atoms with E-state index in [-0.39, 0.29) is 5.41 Å². The summed E-state index contributed by atoms with van der Waals surface area (Å²) in [5.74, 6) is 1.50. The molecule has 0 unspecified atom stereocenters. The number of hydrogen-bond donors (Lipinski definition) is 0. The first kappa shape index (κ1) is 18.2. The van der Waals surface area contributed by atoms with Gasteiger partial charge in [0.25, 0.3) is 0 Å². The van der Waals surface area contributed by atoms with Gasteiger partial charge < -0.3 is 4.42 Å². The average Bonchev–Trinajstić information content (AvgIpc) is 3.10. The molecule has 4 aromatic rings. The zero-order valence-electron chi connectivity index (χ0n) is 16.9. The minimum atomic E-state index is 0.140. The van der Waals surface area contributed by atoms with Gasteiger partial charge in [-0.05, 0) is 41.2 Å². The third-order valence-corrected chi connectivity index (χ3v) is 5.05. The normalized spacial score (nSPS) is 11.6. The van der Waals surface area contributed by atoms with Crippen molar-refractivity contribution in [1.82, 2.24) is 4.98 Å². The van der Waals surface area contributed by atoms with Crippen LogP contribution in [0.25, 0.3) is 33.9 Å². The molecule has 2 heteroatoms. The lowest BCUT2D eigenvalue weighted by atomic mass is 9.86. The number of aromatic nitrogens is 1. The Morgan fingerprint density at radius 3 is 1.79 bits per heavy atom. The quantitative estimate of drug-likeness (QED) is 0.380. The molecule has 0 saturated heterocycles. The van der Waals surface area contributed by atoms with Gasteiger partial charge in [-0.15, -0.1) is 0 Å². The Balaban J connectivity index is 1.63. The van der Waals surface area contributed by atoms with Crippen LogP contribution < -0.4 is 0 Å². The molecule has 0 amide bonds. The van der Waals surface area contributed by atoms with Crippen LogP contribution in [-0.2, 0) is 5.41 Å². The van der Waals surface area contributed by atoms with Crippen molar-refractivity contribution in [2.45, 2.75) is 33.1 Å². The summed E-state index contributed by atoms with van der Waals surface area (Å²) >= 11 is 0. The van der Waals surface area contributed by atoms with Gasteiger partial charge in [0.1, 0.15) is 0 Å². The molecule has 0 spiro atoms. The molecule has 0 fully saturated rings. The van der Waals surface area contributed by atoms with E-state index < -0.39 is 0 Å². The fourth-order valence-corrected chi connectivity index (χ4v) is 3.35. The Labute approximate surface area is 166 Å². The largest absolute Gasteiger partial charge is 0.436 e. The minimum Gasteiger partial charge on any atom is -0.436 e. The maximum Gasteiger partial charge on any atom is 0.226 e. The highest BCUT2D eigenvalue weighted by Gasteiger charge is 2.16. The summed E-state index contributed by atoms with van der Waals surface area (Å²) in [5.41, 5.74) is 6.80. The van der Waals surface area contributed by atoms with Crippen molar-refractivity contribution in [3.8, 4) is 33.9 Å². The number of aryl methyl sites for hydroxylation is 1. The second kappa shape index (κ2) is 7.12. The van der Waals surface area contributed by atoms with Crippen molar-refractivity contribution in [3.05, 3.63) is 90.1 Å². The SMILES string of the molecule is Cc1nc(-c2ccc(-c3ccccc3)cc2)oc1-c1ccc(C(C)(C)C)cc1. The number of benzene rings is 3. The third-order valence-electron chi connectivity index (χ3n) is 5.05. The van der Waals surface area contributed by atoms with Gasteiger partial charge in [-0.25, -0.2) is 4.98 Å². The van der Waals surface area contributed by atoms with Gasteiger partial charge in [0.15, 0.2) is 5.76 Å². The molecule has 0 aliphatic heterocycles. The summed E-state index contributed by atoms with van der Waals surface area (Å²) in [7, 11) is 0. The van der Waals surface area contributed by atoms with E-state index in [0.29, 0.717) is 5.89 Å². The van der Waals surface area contributed by atoms with Gasteiger partial charge in [0.05, 0.1) is 5.69 Å². The van der Waals surface area contributed by atoms with Crippen LogP contribution in [0, 0.1) is 6.92 Å². The molecule has 1 aromatic heterocycles. The van der Waals surface area contributed by atoms with Crippen molar-refractivity contribution in [2.75, 3.05) is 0 Å². The Morgan fingerprint density at radius 2 is 1.18 bits per heavy atom. The van der Waals surface area contributed by atoms with Gasteiger partial charge in [0, 0.05) is 11.1 Å². The van der Waals surface area contributed by atoms with Crippen LogP contribution in [0.2, 0.25) is 0 Å². The highest BCUT2D eigenvalue weighted by molar-refractivity contribution is 5.69. The molecule has 0 saturated carbocycles. The first-order valence-electron chi connectivity index (χ1n) is 9.66. The predicted molar refractivity (Wildman–Crippen MR) is 116 cm³/mol. The zero-order chi connectivity index (χ0) is 19.7. The molecule has 0 aliphatic carbocycles. The van der Waals surface area contributed by atoms with Crippen LogP contribution in [0.3, 0.4) is 0 Å². The van der Waals surface area contributed by atoms with Crippen LogP contribution in [0.15, 0.2) is 83.3 Å². The predicted octanol–water partition coefficient (Wildman–Crippen LogP) is 7.28. The lowest BCUT2D eigenvalue weighted by molar-refractivity contribution is 0.584. The Hall–Kier alpha value is -3.13. The maximum atomic E-state index is 6.15. The molecule has 140 valence electrons. The van der Waals surface area contributed by atoms with E-state index in [4.69, 9.17) is 4.42 Å². The molecule has 4 rings (SSSR count). The molecule has 1 heterocycles. The molecule has 28 heavy (non-hydrogen) atoms. The summed E-state index contributed by atoms with van der Waals surface area (Å²) < 4.78 is 6.15. The third kappa shape index (κ3) is 3.63. The van der Waals surface area contributed by atoms with Gasteiger partial charge in [-0.1, -0.05) is 87.5 Å². The lowest BCUT2D eigenvalue weighted by Gasteiger charge is -2.18. The highest BCUT2D eigenvalue weighted by Crippen LogP contribution is 2.32. The van der Waals surface area contributed by atoms with E-state index in [9.17, 15) is 0 Å². The number of oxazole rings is 1. The van der Waals surface area contributed by atoms with Gasteiger partial charge in [-0.2, -0.15) is 0 Å². The van der Waals surface area contributed by atoms with Crippen molar-refractivity contribution < 1.29 is 4.42 Å². The Morgan fingerprint density at radius 1 is 0.643 bits per heavy atom. The Kier molecular flexibility index (Phi) is 4.64.